The zero-order chi connectivity index (χ0) is 8.55. The van der Waals surface area contributed by atoms with Crippen molar-refractivity contribution in [2.24, 2.45) is 5.92 Å². The van der Waals surface area contributed by atoms with Gasteiger partial charge in [-0.3, -0.25) is 0 Å². The van der Waals surface area contributed by atoms with E-state index in [9.17, 15) is 0 Å². The monoisotopic (exact) mass is 185 g/mol. The van der Waals surface area contributed by atoms with Gasteiger partial charge in [0.25, 0.3) is 0 Å². The van der Waals surface area contributed by atoms with E-state index in [0.717, 1.165) is 5.92 Å². The highest BCUT2D eigenvalue weighted by molar-refractivity contribution is 6.28. The molecular formula is C8H12ClN3. The molecule has 2 atom stereocenters. The molecule has 0 bridgehead atoms. The van der Waals surface area contributed by atoms with E-state index in [0.29, 0.717) is 11.3 Å². The molecule has 1 aromatic heterocycles. The summed E-state index contributed by atoms with van der Waals surface area (Å²) in [6.45, 7) is 2.21. The van der Waals surface area contributed by atoms with Gasteiger partial charge >= 0.3 is 0 Å². The average molecular weight is 186 g/mol. The van der Waals surface area contributed by atoms with Crippen molar-refractivity contribution in [3.8, 4) is 0 Å². The van der Waals surface area contributed by atoms with Crippen molar-refractivity contribution in [2.75, 3.05) is 0 Å². The maximum Gasteiger partial charge on any atom is 0.225 e. The van der Waals surface area contributed by atoms with Crippen molar-refractivity contribution < 1.29 is 0 Å². The second kappa shape index (κ2) is 3.05. The van der Waals surface area contributed by atoms with Gasteiger partial charge in [-0.1, -0.05) is 13.3 Å². The molecule has 2 unspecified atom stereocenters. The van der Waals surface area contributed by atoms with E-state index in [1.165, 1.54) is 19.3 Å². The van der Waals surface area contributed by atoms with Crippen LogP contribution < -0.4 is 0 Å². The van der Waals surface area contributed by atoms with E-state index in [-0.39, 0.29) is 0 Å². The zero-order valence-electron chi connectivity index (χ0n) is 7.07. The Labute approximate surface area is 76.7 Å². The molecule has 12 heavy (non-hydrogen) atoms. The van der Waals surface area contributed by atoms with Crippen LogP contribution in [0.2, 0.25) is 5.28 Å². The minimum Gasteiger partial charge on any atom is -0.301 e. The molecule has 0 N–H and O–H groups in total. The second-order valence-electron chi connectivity index (χ2n) is 3.36. The molecular weight excluding hydrogens is 174 g/mol. The van der Waals surface area contributed by atoms with Crippen LogP contribution in [0.5, 0.6) is 0 Å². The number of halogens is 1. The normalized spacial score (nSPS) is 27.5. The van der Waals surface area contributed by atoms with Crippen molar-refractivity contribution in [3.05, 3.63) is 11.6 Å². The summed E-state index contributed by atoms with van der Waals surface area (Å²) in [7, 11) is 0. The highest BCUT2D eigenvalue weighted by Crippen LogP contribution is 2.47. The fourth-order valence-electron chi connectivity index (χ4n) is 1.70. The maximum absolute atomic E-state index is 5.83. The fourth-order valence-corrected chi connectivity index (χ4v) is 1.92. The Balaban J connectivity index is 2.01. The van der Waals surface area contributed by atoms with Crippen LogP contribution >= 0.6 is 11.6 Å². The molecule has 1 aliphatic rings. The number of aromatic nitrogens is 3. The first kappa shape index (κ1) is 8.05. The average Bonchev–Trinajstić information content (AvgIpc) is 2.67. The van der Waals surface area contributed by atoms with Crippen LogP contribution in [0.1, 0.15) is 32.2 Å². The molecule has 0 aromatic carbocycles. The largest absolute Gasteiger partial charge is 0.301 e. The standard InChI is InChI=1S/C8H12ClN3/c1-2-3-6-4-7(6)12-5-10-11-8(12)9/h5-7H,2-4H2,1H3. The Morgan fingerprint density at radius 3 is 3.17 bits per heavy atom. The summed E-state index contributed by atoms with van der Waals surface area (Å²) in [5.41, 5.74) is 0. The van der Waals surface area contributed by atoms with Gasteiger partial charge in [0.1, 0.15) is 6.33 Å². The van der Waals surface area contributed by atoms with Gasteiger partial charge in [-0.05, 0) is 30.4 Å². The van der Waals surface area contributed by atoms with Gasteiger partial charge in [0.2, 0.25) is 5.28 Å². The maximum atomic E-state index is 5.83. The van der Waals surface area contributed by atoms with Crippen LogP contribution in [0.3, 0.4) is 0 Å². The lowest BCUT2D eigenvalue weighted by atomic mass is 10.2. The lowest BCUT2D eigenvalue weighted by Gasteiger charge is -1.99. The van der Waals surface area contributed by atoms with Crippen LogP contribution in [-0.2, 0) is 0 Å². The third kappa shape index (κ3) is 1.33. The van der Waals surface area contributed by atoms with Gasteiger partial charge in [-0.25, -0.2) is 0 Å². The summed E-state index contributed by atoms with van der Waals surface area (Å²) in [6, 6.07) is 0.576. The molecule has 0 aliphatic heterocycles. The highest BCUT2D eigenvalue weighted by atomic mass is 35.5. The SMILES string of the molecule is CCCC1CC1n1cnnc1Cl. The lowest BCUT2D eigenvalue weighted by molar-refractivity contribution is 0.607. The fraction of sp³-hybridized carbons (Fsp3) is 0.750. The number of hydrogen-bond donors (Lipinski definition) is 0. The van der Waals surface area contributed by atoms with Crippen molar-refractivity contribution in [3.63, 3.8) is 0 Å². The molecule has 0 spiro atoms. The van der Waals surface area contributed by atoms with Crippen LogP contribution in [0, 0.1) is 5.92 Å². The van der Waals surface area contributed by atoms with Crippen molar-refractivity contribution >= 4 is 11.6 Å². The zero-order valence-corrected chi connectivity index (χ0v) is 7.83. The van der Waals surface area contributed by atoms with Crippen LogP contribution in [-0.4, -0.2) is 14.8 Å². The first-order valence-electron chi connectivity index (χ1n) is 4.38. The smallest absolute Gasteiger partial charge is 0.225 e. The Morgan fingerprint density at radius 2 is 2.58 bits per heavy atom. The molecule has 0 radical (unpaired) electrons. The predicted octanol–water partition coefficient (Wildman–Crippen LogP) is 2.29. The van der Waals surface area contributed by atoms with E-state index in [1.54, 1.807) is 6.33 Å². The van der Waals surface area contributed by atoms with E-state index in [4.69, 9.17) is 11.6 Å². The minimum atomic E-state index is 0.526. The van der Waals surface area contributed by atoms with Crippen LogP contribution in [0.15, 0.2) is 6.33 Å². The molecule has 1 aliphatic carbocycles. The summed E-state index contributed by atoms with van der Waals surface area (Å²) in [5.74, 6) is 0.809. The van der Waals surface area contributed by atoms with Gasteiger partial charge in [0, 0.05) is 6.04 Å². The van der Waals surface area contributed by atoms with E-state index in [1.807, 2.05) is 4.57 Å². The van der Waals surface area contributed by atoms with E-state index >= 15 is 0 Å². The lowest BCUT2D eigenvalue weighted by Crippen LogP contribution is -1.94. The highest BCUT2D eigenvalue weighted by Gasteiger charge is 2.38. The molecule has 4 heteroatoms. The van der Waals surface area contributed by atoms with Gasteiger partial charge in [-0.2, -0.15) is 0 Å². The molecule has 0 saturated heterocycles. The van der Waals surface area contributed by atoms with Crippen LogP contribution in [0.25, 0.3) is 0 Å². The Bertz CT molecular complexity index is 271. The molecule has 1 fully saturated rings. The van der Waals surface area contributed by atoms with E-state index in [2.05, 4.69) is 17.1 Å². The quantitative estimate of drug-likeness (QED) is 0.724. The summed E-state index contributed by atoms with van der Waals surface area (Å²) in [4.78, 5) is 0. The van der Waals surface area contributed by atoms with Crippen LogP contribution in [0.4, 0.5) is 0 Å². The van der Waals surface area contributed by atoms with Gasteiger partial charge in [-0.15, -0.1) is 10.2 Å². The molecule has 2 rings (SSSR count). The summed E-state index contributed by atoms with van der Waals surface area (Å²) in [6.07, 6.45) is 5.51. The third-order valence-electron chi connectivity index (χ3n) is 2.43. The first-order valence-corrected chi connectivity index (χ1v) is 4.75. The predicted molar refractivity (Wildman–Crippen MR) is 47.1 cm³/mol. The molecule has 66 valence electrons. The summed E-state index contributed by atoms with van der Waals surface area (Å²) >= 11 is 5.83. The third-order valence-corrected chi connectivity index (χ3v) is 2.70. The second-order valence-corrected chi connectivity index (χ2v) is 3.70. The molecule has 1 saturated carbocycles. The van der Waals surface area contributed by atoms with Crippen molar-refractivity contribution in [2.45, 2.75) is 32.2 Å². The van der Waals surface area contributed by atoms with E-state index < -0.39 is 0 Å². The molecule has 3 nitrogen and oxygen atoms in total. The van der Waals surface area contributed by atoms with Gasteiger partial charge < -0.3 is 4.57 Å². The summed E-state index contributed by atoms with van der Waals surface area (Å²) in [5, 5.41) is 8.04. The number of nitrogens with zero attached hydrogens (tertiary/aromatic N) is 3. The summed E-state index contributed by atoms with van der Waals surface area (Å²) < 4.78 is 1.97. The molecule has 1 heterocycles. The number of hydrogen-bond acceptors (Lipinski definition) is 2. The Hall–Kier alpha value is -0.570. The van der Waals surface area contributed by atoms with Gasteiger partial charge in [0.15, 0.2) is 0 Å². The first-order chi connectivity index (χ1) is 5.83. The Kier molecular flexibility index (Phi) is 2.05. The van der Waals surface area contributed by atoms with Crippen molar-refractivity contribution in [1.82, 2.24) is 14.8 Å². The minimum absolute atomic E-state index is 0.526. The molecule has 0 amide bonds. The Morgan fingerprint density at radius 1 is 1.75 bits per heavy atom. The molecule has 1 aromatic rings. The van der Waals surface area contributed by atoms with Crippen molar-refractivity contribution in [1.29, 1.82) is 0 Å². The number of rotatable bonds is 3. The van der Waals surface area contributed by atoms with Gasteiger partial charge in [0.05, 0.1) is 0 Å². The topological polar surface area (TPSA) is 30.7 Å².